The van der Waals surface area contributed by atoms with Crippen molar-refractivity contribution in [2.45, 2.75) is 26.2 Å². The summed E-state index contributed by atoms with van der Waals surface area (Å²) in [7, 11) is 1.74. The van der Waals surface area contributed by atoms with E-state index in [2.05, 4.69) is 15.9 Å². The summed E-state index contributed by atoms with van der Waals surface area (Å²) in [6.07, 6.45) is 0. The van der Waals surface area contributed by atoms with Gasteiger partial charge in [0, 0.05) is 7.05 Å². The highest BCUT2D eigenvalue weighted by Crippen LogP contribution is 2.30. The lowest BCUT2D eigenvalue weighted by Crippen LogP contribution is -2.17. The molecule has 0 fully saturated rings. The van der Waals surface area contributed by atoms with Crippen molar-refractivity contribution in [1.82, 2.24) is 4.57 Å². The highest BCUT2D eigenvalue weighted by molar-refractivity contribution is 9.10. The van der Waals surface area contributed by atoms with Gasteiger partial charge in [-0.05, 0) is 33.0 Å². The third-order valence-corrected chi connectivity index (χ3v) is 2.95. The van der Waals surface area contributed by atoms with Gasteiger partial charge in [-0.1, -0.05) is 20.8 Å². The second kappa shape index (κ2) is 3.42. The number of halogens is 1. The van der Waals surface area contributed by atoms with E-state index in [1.807, 2.05) is 26.8 Å². The SMILES string of the molecule is Cn1c(Br)cc(C(C)(C)C)c1C(=O)O. The Kier molecular flexibility index (Phi) is 2.76. The molecule has 0 saturated heterocycles. The second-order valence-corrected chi connectivity index (χ2v) is 5.16. The van der Waals surface area contributed by atoms with Gasteiger partial charge in [0.25, 0.3) is 0 Å². The topological polar surface area (TPSA) is 42.2 Å². The Balaban J connectivity index is 3.45. The van der Waals surface area contributed by atoms with E-state index in [0.717, 1.165) is 10.2 Å². The number of carboxylic acid groups (broad SMARTS) is 1. The van der Waals surface area contributed by atoms with Crippen LogP contribution in [0.2, 0.25) is 0 Å². The molecule has 0 bridgehead atoms. The van der Waals surface area contributed by atoms with Crippen LogP contribution in [-0.2, 0) is 12.5 Å². The van der Waals surface area contributed by atoms with Gasteiger partial charge in [-0.25, -0.2) is 4.79 Å². The highest BCUT2D eigenvalue weighted by Gasteiger charge is 2.26. The van der Waals surface area contributed by atoms with E-state index in [-0.39, 0.29) is 5.41 Å². The highest BCUT2D eigenvalue weighted by atomic mass is 79.9. The number of rotatable bonds is 1. The smallest absolute Gasteiger partial charge is 0.352 e. The van der Waals surface area contributed by atoms with Crippen molar-refractivity contribution in [3.8, 4) is 0 Å². The molecule has 0 spiro atoms. The number of aromatic carboxylic acids is 1. The van der Waals surface area contributed by atoms with E-state index >= 15 is 0 Å². The maximum atomic E-state index is 11.1. The van der Waals surface area contributed by atoms with Crippen LogP contribution in [-0.4, -0.2) is 15.6 Å². The van der Waals surface area contributed by atoms with Crippen LogP contribution >= 0.6 is 15.9 Å². The largest absolute Gasteiger partial charge is 0.477 e. The molecule has 0 aromatic carbocycles. The van der Waals surface area contributed by atoms with Crippen LogP contribution in [0.1, 0.15) is 36.8 Å². The molecule has 0 unspecified atom stereocenters. The van der Waals surface area contributed by atoms with Crippen molar-refractivity contribution in [3.63, 3.8) is 0 Å². The first-order valence-electron chi connectivity index (χ1n) is 4.34. The summed E-state index contributed by atoms with van der Waals surface area (Å²) < 4.78 is 2.43. The van der Waals surface area contributed by atoms with Gasteiger partial charge in [-0.15, -0.1) is 0 Å². The van der Waals surface area contributed by atoms with Gasteiger partial charge in [-0.2, -0.15) is 0 Å². The standard InChI is InChI=1S/C10H14BrNO2/c1-10(2,3)6-5-7(11)12(4)8(6)9(13)14/h5H,1-4H3,(H,13,14). The summed E-state index contributed by atoms with van der Waals surface area (Å²) in [6.45, 7) is 6.00. The van der Waals surface area contributed by atoms with Gasteiger partial charge in [-0.3, -0.25) is 0 Å². The van der Waals surface area contributed by atoms with Crippen molar-refractivity contribution in [2.75, 3.05) is 0 Å². The fraction of sp³-hybridized carbons (Fsp3) is 0.500. The fourth-order valence-corrected chi connectivity index (χ4v) is 1.81. The maximum Gasteiger partial charge on any atom is 0.352 e. The van der Waals surface area contributed by atoms with E-state index in [1.165, 1.54) is 0 Å². The minimum atomic E-state index is -0.886. The van der Waals surface area contributed by atoms with Crippen molar-refractivity contribution >= 4 is 21.9 Å². The monoisotopic (exact) mass is 259 g/mol. The lowest BCUT2D eigenvalue weighted by molar-refractivity contribution is 0.0683. The number of nitrogens with zero attached hydrogens (tertiary/aromatic N) is 1. The summed E-state index contributed by atoms with van der Waals surface area (Å²) in [5, 5.41) is 9.08. The molecule has 0 amide bonds. The molecule has 3 nitrogen and oxygen atoms in total. The van der Waals surface area contributed by atoms with Crippen molar-refractivity contribution in [1.29, 1.82) is 0 Å². The Labute approximate surface area is 91.9 Å². The average Bonchev–Trinajstić information content (AvgIpc) is 2.27. The van der Waals surface area contributed by atoms with Gasteiger partial charge in [0.05, 0.1) is 4.60 Å². The Hall–Kier alpha value is -0.770. The molecule has 1 heterocycles. The van der Waals surface area contributed by atoms with Crippen molar-refractivity contribution < 1.29 is 9.90 Å². The van der Waals surface area contributed by atoms with Crippen LogP contribution < -0.4 is 0 Å². The quantitative estimate of drug-likeness (QED) is 0.843. The zero-order valence-electron chi connectivity index (χ0n) is 8.76. The van der Waals surface area contributed by atoms with Crippen molar-refractivity contribution in [2.24, 2.45) is 7.05 Å². The molecule has 0 aliphatic rings. The van der Waals surface area contributed by atoms with Gasteiger partial charge >= 0.3 is 5.97 Å². The number of carboxylic acids is 1. The predicted octanol–water partition coefficient (Wildman–Crippen LogP) is 2.78. The molecule has 0 aliphatic heterocycles. The van der Waals surface area contributed by atoms with E-state index in [1.54, 1.807) is 11.6 Å². The van der Waals surface area contributed by atoms with Crippen LogP contribution in [0.25, 0.3) is 0 Å². The van der Waals surface area contributed by atoms with Gasteiger partial charge < -0.3 is 9.67 Å². The first kappa shape index (κ1) is 11.3. The first-order chi connectivity index (χ1) is 6.25. The second-order valence-electron chi connectivity index (χ2n) is 4.34. The normalized spacial score (nSPS) is 11.8. The molecule has 4 heteroatoms. The van der Waals surface area contributed by atoms with E-state index in [4.69, 9.17) is 5.11 Å². The van der Waals surface area contributed by atoms with Crippen LogP contribution in [0, 0.1) is 0 Å². The summed E-state index contributed by atoms with van der Waals surface area (Å²) in [6, 6.07) is 1.86. The molecule has 0 radical (unpaired) electrons. The third-order valence-electron chi connectivity index (χ3n) is 2.18. The summed E-state index contributed by atoms with van der Waals surface area (Å²) >= 11 is 3.33. The molecule has 1 aromatic rings. The van der Waals surface area contributed by atoms with Crippen LogP contribution in [0.15, 0.2) is 10.7 Å². The summed E-state index contributed by atoms with van der Waals surface area (Å²) in [5.74, 6) is -0.886. The maximum absolute atomic E-state index is 11.1. The van der Waals surface area contributed by atoms with Crippen LogP contribution in [0.4, 0.5) is 0 Å². The summed E-state index contributed by atoms with van der Waals surface area (Å²) in [4.78, 5) is 11.1. The molecular formula is C10H14BrNO2. The molecule has 0 atom stereocenters. The Morgan fingerprint density at radius 2 is 2.00 bits per heavy atom. The lowest BCUT2D eigenvalue weighted by Gasteiger charge is -2.18. The molecule has 1 aromatic heterocycles. The van der Waals surface area contributed by atoms with Crippen LogP contribution in [0.5, 0.6) is 0 Å². The fourth-order valence-electron chi connectivity index (χ4n) is 1.40. The molecule has 1 rings (SSSR count). The van der Waals surface area contributed by atoms with E-state index < -0.39 is 5.97 Å². The van der Waals surface area contributed by atoms with E-state index in [0.29, 0.717) is 5.69 Å². The zero-order chi connectivity index (χ0) is 11.1. The first-order valence-corrected chi connectivity index (χ1v) is 5.13. The number of hydrogen-bond donors (Lipinski definition) is 1. The van der Waals surface area contributed by atoms with E-state index in [9.17, 15) is 4.79 Å². The lowest BCUT2D eigenvalue weighted by atomic mass is 9.87. The molecular weight excluding hydrogens is 246 g/mol. The van der Waals surface area contributed by atoms with Gasteiger partial charge in [0.15, 0.2) is 0 Å². The number of carbonyl (C=O) groups is 1. The predicted molar refractivity (Wildman–Crippen MR) is 58.8 cm³/mol. The Morgan fingerprint density at radius 1 is 1.50 bits per heavy atom. The summed E-state index contributed by atoms with van der Waals surface area (Å²) in [5.41, 5.74) is 1.04. The van der Waals surface area contributed by atoms with Gasteiger partial charge in [0.1, 0.15) is 5.69 Å². The molecule has 78 valence electrons. The minimum Gasteiger partial charge on any atom is -0.477 e. The molecule has 0 aliphatic carbocycles. The molecule has 14 heavy (non-hydrogen) atoms. The molecule has 0 saturated carbocycles. The van der Waals surface area contributed by atoms with Crippen molar-refractivity contribution in [3.05, 3.63) is 21.9 Å². The number of hydrogen-bond acceptors (Lipinski definition) is 1. The average molecular weight is 260 g/mol. The zero-order valence-corrected chi connectivity index (χ0v) is 10.3. The minimum absolute atomic E-state index is 0.155. The number of aromatic nitrogens is 1. The van der Waals surface area contributed by atoms with Gasteiger partial charge in [0.2, 0.25) is 0 Å². The Morgan fingerprint density at radius 3 is 2.29 bits per heavy atom. The molecule has 1 N–H and O–H groups in total. The van der Waals surface area contributed by atoms with Crippen LogP contribution in [0.3, 0.4) is 0 Å². The third kappa shape index (κ3) is 1.85. The Bertz CT molecular complexity index is 374.